The number of aliphatic hydroxyl groups excluding tert-OH is 1. The van der Waals surface area contributed by atoms with E-state index in [9.17, 15) is 9.90 Å². The Morgan fingerprint density at radius 3 is 2.92 bits per heavy atom. The average Bonchev–Trinajstić information content (AvgIpc) is 2.61. The van der Waals surface area contributed by atoms with Crippen LogP contribution in [-0.2, 0) is 4.79 Å². The fourth-order valence-corrected chi connectivity index (χ4v) is 4.26. The van der Waals surface area contributed by atoms with E-state index in [4.69, 9.17) is 0 Å². The standard InChI is InChI=1S/C19H24N2O2S/c1-21(12-15-7-3-5-9-17(15)22)18(23)13-24-19-16-8-4-2-6-14(16)10-11-20-19/h2,4,6,8,10-11,15,17,22H,3,5,7,9,12-13H2,1H3. The maximum Gasteiger partial charge on any atom is 0.232 e. The van der Waals surface area contributed by atoms with E-state index in [1.165, 1.54) is 11.8 Å². The summed E-state index contributed by atoms with van der Waals surface area (Å²) in [4.78, 5) is 18.6. The molecule has 3 rings (SSSR count). The van der Waals surface area contributed by atoms with Gasteiger partial charge in [-0.3, -0.25) is 4.79 Å². The van der Waals surface area contributed by atoms with Crippen LogP contribution in [0.25, 0.3) is 10.8 Å². The van der Waals surface area contributed by atoms with Gasteiger partial charge in [0.1, 0.15) is 5.03 Å². The Balaban J connectivity index is 1.58. The first-order chi connectivity index (χ1) is 11.6. The largest absolute Gasteiger partial charge is 0.393 e. The van der Waals surface area contributed by atoms with E-state index in [1.807, 2.05) is 31.3 Å². The number of hydrogen-bond donors (Lipinski definition) is 1. The van der Waals surface area contributed by atoms with Crippen molar-refractivity contribution in [1.82, 2.24) is 9.88 Å². The normalized spacial score (nSPS) is 20.9. The number of thioether (sulfide) groups is 1. The van der Waals surface area contributed by atoms with Gasteiger partial charge in [0.05, 0.1) is 11.9 Å². The first-order valence-corrected chi connectivity index (χ1v) is 9.52. The van der Waals surface area contributed by atoms with Crippen molar-refractivity contribution in [3.05, 3.63) is 36.5 Å². The van der Waals surface area contributed by atoms with Gasteiger partial charge in [0, 0.05) is 31.1 Å². The van der Waals surface area contributed by atoms with Crippen LogP contribution >= 0.6 is 11.8 Å². The highest BCUT2D eigenvalue weighted by Gasteiger charge is 2.25. The summed E-state index contributed by atoms with van der Waals surface area (Å²) in [7, 11) is 1.83. The molecule has 1 fully saturated rings. The van der Waals surface area contributed by atoms with Crippen LogP contribution < -0.4 is 0 Å². The SMILES string of the molecule is CN(CC1CCCCC1O)C(=O)CSc1nccc2ccccc12. The number of nitrogens with zero attached hydrogens (tertiary/aromatic N) is 2. The van der Waals surface area contributed by atoms with Crippen LogP contribution in [-0.4, -0.2) is 46.3 Å². The van der Waals surface area contributed by atoms with Gasteiger partial charge in [-0.25, -0.2) is 4.98 Å². The Bertz CT molecular complexity index is 701. The summed E-state index contributed by atoms with van der Waals surface area (Å²) in [6.07, 6.45) is 5.65. The van der Waals surface area contributed by atoms with Crippen LogP contribution in [0.1, 0.15) is 25.7 Å². The maximum atomic E-state index is 12.4. The summed E-state index contributed by atoms with van der Waals surface area (Å²) < 4.78 is 0. The number of carbonyl (C=O) groups excluding carboxylic acids is 1. The highest BCUT2D eigenvalue weighted by Crippen LogP contribution is 2.27. The topological polar surface area (TPSA) is 53.4 Å². The van der Waals surface area contributed by atoms with Crippen LogP contribution in [0.4, 0.5) is 0 Å². The lowest BCUT2D eigenvalue weighted by Crippen LogP contribution is -2.38. The van der Waals surface area contributed by atoms with E-state index < -0.39 is 0 Å². The molecule has 5 heteroatoms. The van der Waals surface area contributed by atoms with Gasteiger partial charge in [0.15, 0.2) is 0 Å². The number of aliphatic hydroxyl groups is 1. The van der Waals surface area contributed by atoms with Gasteiger partial charge in [0.2, 0.25) is 5.91 Å². The van der Waals surface area contributed by atoms with E-state index in [-0.39, 0.29) is 17.9 Å². The van der Waals surface area contributed by atoms with E-state index in [0.717, 1.165) is 41.5 Å². The van der Waals surface area contributed by atoms with Crippen molar-refractivity contribution in [2.45, 2.75) is 36.8 Å². The van der Waals surface area contributed by atoms with Crippen molar-refractivity contribution in [3.8, 4) is 0 Å². The lowest BCUT2D eigenvalue weighted by atomic mass is 9.86. The molecule has 1 N–H and O–H groups in total. The summed E-state index contributed by atoms with van der Waals surface area (Å²) in [6.45, 7) is 0.642. The Labute approximate surface area is 147 Å². The monoisotopic (exact) mass is 344 g/mol. The van der Waals surface area contributed by atoms with Crippen LogP contribution in [0, 0.1) is 5.92 Å². The number of fused-ring (bicyclic) bond motifs is 1. The molecule has 0 bridgehead atoms. The molecule has 0 saturated heterocycles. The summed E-state index contributed by atoms with van der Waals surface area (Å²) in [5, 5.41) is 13.2. The van der Waals surface area contributed by atoms with Crippen molar-refractivity contribution < 1.29 is 9.90 Å². The first-order valence-electron chi connectivity index (χ1n) is 8.53. The molecule has 2 unspecified atom stereocenters. The Morgan fingerprint density at radius 2 is 2.08 bits per heavy atom. The van der Waals surface area contributed by atoms with E-state index >= 15 is 0 Å². The lowest BCUT2D eigenvalue weighted by Gasteiger charge is -2.31. The van der Waals surface area contributed by atoms with E-state index in [2.05, 4.69) is 11.1 Å². The molecule has 1 heterocycles. The molecule has 0 aliphatic heterocycles. The molecule has 24 heavy (non-hydrogen) atoms. The first kappa shape index (κ1) is 17.2. The fourth-order valence-electron chi connectivity index (χ4n) is 3.30. The molecule has 2 atom stereocenters. The summed E-state index contributed by atoms with van der Waals surface area (Å²) in [6, 6.07) is 10.1. The number of aromatic nitrogens is 1. The molecule has 0 spiro atoms. The molecule has 1 aromatic carbocycles. The molecule has 1 aliphatic carbocycles. The second-order valence-corrected chi connectivity index (χ2v) is 7.48. The quantitative estimate of drug-likeness (QED) is 0.845. The van der Waals surface area contributed by atoms with Gasteiger partial charge in [-0.1, -0.05) is 48.9 Å². The number of benzene rings is 1. The lowest BCUT2D eigenvalue weighted by molar-refractivity contribution is -0.128. The number of pyridine rings is 1. The molecule has 2 aromatic rings. The van der Waals surface area contributed by atoms with Gasteiger partial charge >= 0.3 is 0 Å². The molecular weight excluding hydrogens is 320 g/mol. The molecule has 1 saturated carbocycles. The molecule has 128 valence electrons. The predicted molar refractivity (Wildman–Crippen MR) is 98.1 cm³/mol. The number of hydrogen-bond acceptors (Lipinski definition) is 4. The third-order valence-corrected chi connectivity index (χ3v) is 5.76. The van der Waals surface area contributed by atoms with Gasteiger partial charge in [-0.05, 0) is 24.3 Å². The second kappa shape index (κ2) is 7.99. The van der Waals surface area contributed by atoms with Crippen LogP contribution in [0.2, 0.25) is 0 Å². The number of carbonyl (C=O) groups is 1. The van der Waals surface area contributed by atoms with Gasteiger partial charge in [-0.2, -0.15) is 0 Å². The van der Waals surface area contributed by atoms with Crippen LogP contribution in [0.15, 0.2) is 41.6 Å². The van der Waals surface area contributed by atoms with E-state index in [1.54, 1.807) is 11.1 Å². The molecule has 0 radical (unpaired) electrons. The smallest absolute Gasteiger partial charge is 0.232 e. The van der Waals surface area contributed by atoms with E-state index in [0.29, 0.717) is 12.3 Å². The average molecular weight is 344 g/mol. The summed E-state index contributed by atoms with van der Waals surface area (Å²) in [5.41, 5.74) is 0. The number of amides is 1. The Kier molecular flexibility index (Phi) is 5.74. The molecule has 1 amide bonds. The Morgan fingerprint density at radius 1 is 1.29 bits per heavy atom. The minimum Gasteiger partial charge on any atom is -0.393 e. The molecular formula is C19H24N2O2S. The van der Waals surface area contributed by atoms with Crippen molar-refractivity contribution in [1.29, 1.82) is 0 Å². The van der Waals surface area contributed by atoms with Crippen molar-refractivity contribution in [2.24, 2.45) is 5.92 Å². The zero-order valence-corrected chi connectivity index (χ0v) is 14.8. The van der Waals surface area contributed by atoms with Crippen LogP contribution in [0.5, 0.6) is 0 Å². The Hall–Kier alpha value is -1.59. The van der Waals surface area contributed by atoms with Crippen LogP contribution in [0.3, 0.4) is 0 Å². The second-order valence-electron chi connectivity index (χ2n) is 6.51. The molecule has 4 nitrogen and oxygen atoms in total. The highest BCUT2D eigenvalue weighted by atomic mass is 32.2. The predicted octanol–water partition coefficient (Wildman–Crippen LogP) is 3.34. The van der Waals surface area contributed by atoms with Crippen molar-refractivity contribution in [2.75, 3.05) is 19.3 Å². The maximum absolute atomic E-state index is 12.4. The third kappa shape index (κ3) is 4.08. The zero-order valence-electron chi connectivity index (χ0n) is 14.0. The fraction of sp³-hybridized carbons (Fsp3) is 0.474. The molecule has 1 aromatic heterocycles. The highest BCUT2D eigenvalue weighted by molar-refractivity contribution is 8.00. The number of rotatable bonds is 5. The summed E-state index contributed by atoms with van der Waals surface area (Å²) >= 11 is 1.48. The van der Waals surface area contributed by atoms with Crippen molar-refractivity contribution >= 4 is 28.4 Å². The molecule has 1 aliphatic rings. The minimum atomic E-state index is -0.263. The van der Waals surface area contributed by atoms with Crippen molar-refractivity contribution in [3.63, 3.8) is 0 Å². The van der Waals surface area contributed by atoms with Gasteiger partial charge in [-0.15, -0.1) is 0 Å². The zero-order chi connectivity index (χ0) is 16.9. The minimum absolute atomic E-state index is 0.0903. The van der Waals surface area contributed by atoms with Gasteiger partial charge < -0.3 is 10.0 Å². The summed E-state index contributed by atoms with van der Waals surface area (Å²) in [5.74, 6) is 0.682. The van der Waals surface area contributed by atoms with Gasteiger partial charge in [0.25, 0.3) is 0 Å². The third-order valence-electron chi connectivity index (χ3n) is 4.77.